The monoisotopic (exact) mass is 366 g/mol. The molecule has 0 N–H and O–H groups in total. The van der Waals surface area contributed by atoms with Gasteiger partial charge < -0.3 is 9.47 Å². The van der Waals surface area contributed by atoms with Crippen LogP contribution in [0.1, 0.15) is 52.4 Å². The molecular weight excluding hydrogens is 340 g/mol. The molecule has 0 radical (unpaired) electrons. The molecule has 2 aliphatic heterocycles. The van der Waals surface area contributed by atoms with Gasteiger partial charge in [-0.1, -0.05) is 18.6 Å². The summed E-state index contributed by atoms with van der Waals surface area (Å²) < 4.78 is 12.7. The van der Waals surface area contributed by atoms with Gasteiger partial charge in [-0.3, -0.25) is 9.59 Å². The highest BCUT2D eigenvalue weighted by Gasteiger charge is 2.85. The Bertz CT molecular complexity index is 887. The van der Waals surface area contributed by atoms with Gasteiger partial charge in [-0.15, -0.1) is 0 Å². The van der Waals surface area contributed by atoms with Gasteiger partial charge in [-0.25, -0.2) is 0 Å². The fraction of sp³-hybridized carbons (Fsp3) is 0.739. The van der Waals surface area contributed by atoms with E-state index < -0.39 is 0 Å². The molecule has 0 aromatic rings. The number of ketones is 1. The van der Waals surface area contributed by atoms with Crippen molar-refractivity contribution in [2.24, 2.45) is 34.5 Å². The smallest absolute Gasteiger partial charge is 0.306 e. The second-order valence-corrected chi connectivity index (χ2v) is 10.7. The van der Waals surface area contributed by atoms with Crippen LogP contribution < -0.4 is 0 Å². The molecule has 7 rings (SSSR count). The van der Waals surface area contributed by atoms with Crippen LogP contribution in [-0.4, -0.2) is 29.1 Å². The van der Waals surface area contributed by atoms with E-state index in [-0.39, 0.29) is 39.9 Å². The van der Waals surface area contributed by atoms with E-state index in [4.69, 9.17) is 9.47 Å². The lowest BCUT2D eigenvalue weighted by Crippen LogP contribution is -2.60. The number of epoxide rings is 1. The number of allylic oxidation sites excluding steroid dienone is 2. The van der Waals surface area contributed by atoms with Crippen molar-refractivity contribution >= 4 is 11.8 Å². The first-order valence-corrected chi connectivity index (χ1v) is 10.7. The first-order valence-electron chi connectivity index (χ1n) is 10.7. The summed E-state index contributed by atoms with van der Waals surface area (Å²) in [7, 11) is 0. The third-order valence-corrected chi connectivity index (χ3v) is 10.0. The predicted octanol–water partition coefficient (Wildman–Crippen LogP) is 3.36. The van der Waals surface area contributed by atoms with Crippen LogP contribution in [0.3, 0.4) is 0 Å². The molecule has 2 unspecified atom stereocenters. The highest BCUT2D eigenvalue weighted by Crippen LogP contribution is 2.82. The van der Waals surface area contributed by atoms with Crippen molar-refractivity contribution in [3.63, 3.8) is 0 Å². The number of rotatable bonds is 0. The fourth-order valence-electron chi connectivity index (χ4n) is 8.75. The van der Waals surface area contributed by atoms with Gasteiger partial charge in [-0.2, -0.15) is 0 Å². The maximum atomic E-state index is 12.1. The van der Waals surface area contributed by atoms with Gasteiger partial charge in [0.25, 0.3) is 0 Å². The molecule has 6 fully saturated rings. The fourth-order valence-corrected chi connectivity index (χ4v) is 8.75. The van der Waals surface area contributed by atoms with Crippen molar-refractivity contribution in [2.75, 3.05) is 0 Å². The summed E-state index contributed by atoms with van der Waals surface area (Å²) in [5, 5.41) is 0. The standard InChI is InChI=1S/C23H26O4/c1-20-6-3-12(24)9-16(20)13-10-14(13)19-15-4-7-22(8-5-18(25)27-22)21(15,2)11-17-23(19,20)26-17/h3,6,9,13-15,17,19H,4-5,7-8,10-11H2,1-2H3/t13?,14?,15-,17+,19-,20-,21-,22+,23+/m0/s1. The third kappa shape index (κ3) is 1.43. The lowest BCUT2D eigenvalue weighted by atomic mass is 9.47. The van der Waals surface area contributed by atoms with E-state index >= 15 is 0 Å². The van der Waals surface area contributed by atoms with Crippen molar-refractivity contribution in [3.05, 3.63) is 23.8 Å². The van der Waals surface area contributed by atoms with Crippen LogP contribution in [0.5, 0.6) is 0 Å². The molecule has 0 amide bonds. The van der Waals surface area contributed by atoms with Gasteiger partial charge in [0.05, 0.1) is 6.10 Å². The first kappa shape index (κ1) is 15.5. The topological polar surface area (TPSA) is 55.9 Å². The van der Waals surface area contributed by atoms with E-state index in [0.717, 1.165) is 25.7 Å². The van der Waals surface area contributed by atoms with Crippen LogP contribution >= 0.6 is 0 Å². The summed E-state index contributed by atoms with van der Waals surface area (Å²) in [4.78, 5) is 24.1. The Morgan fingerprint density at radius 1 is 1.19 bits per heavy atom. The van der Waals surface area contributed by atoms with Crippen LogP contribution in [0, 0.1) is 34.5 Å². The molecule has 0 aromatic carbocycles. The van der Waals surface area contributed by atoms with Crippen molar-refractivity contribution in [1.82, 2.24) is 0 Å². The van der Waals surface area contributed by atoms with Crippen LogP contribution in [0.2, 0.25) is 0 Å². The lowest BCUT2D eigenvalue weighted by molar-refractivity contribution is -0.164. The van der Waals surface area contributed by atoms with Gasteiger partial charge >= 0.3 is 5.97 Å². The van der Waals surface area contributed by atoms with E-state index in [0.29, 0.717) is 30.1 Å². The molecule has 0 aromatic heterocycles. The molecule has 5 aliphatic carbocycles. The second kappa shape index (κ2) is 4.12. The summed E-state index contributed by atoms with van der Waals surface area (Å²) in [6.45, 7) is 4.70. The van der Waals surface area contributed by atoms with E-state index in [2.05, 4.69) is 19.9 Å². The van der Waals surface area contributed by atoms with Crippen LogP contribution in [0.4, 0.5) is 0 Å². The Morgan fingerprint density at radius 3 is 2.81 bits per heavy atom. The summed E-state index contributed by atoms with van der Waals surface area (Å²) in [5.74, 6) is 2.41. The minimum Gasteiger partial charge on any atom is -0.458 e. The Morgan fingerprint density at radius 2 is 2.04 bits per heavy atom. The molecule has 9 atom stereocenters. The van der Waals surface area contributed by atoms with Crippen molar-refractivity contribution in [3.8, 4) is 0 Å². The number of carbonyl (C=O) groups is 2. The number of esters is 1. The van der Waals surface area contributed by atoms with Gasteiger partial charge in [0.15, 0.2) is 5.78 Å². The van der Waals surface area contributed by atoms with Crippen LogP contribution in [0.25, 0.3) is 0 Å². The van der Waals surface area contributed by atoms with Gasteiger partial charge in [0, 0.05) is 17.3 Å². The minimum atomic E-state index is -0.257. The molecule has 2 saturated heterocycles. The number of hydrogen-bond acceptors (Lipinski definition) is 4. The molecule has 4 nitrogen and oxygen atoms in total. The predicted molar refractivity (Wildman–Crippen MR) is 96.5 cm³/mol. The zero-order valence-electron chi connectivity index (χ0n) is 16.0. The van der Waals surface area contributed by atoms with Gasteiger partial charge in [0.1, 0.15) is 11.2 Å². The number of carbonyl (C=O) groups excluding carboxylic acids is 2. The second-order valence-electron chi connectivity index (χ2n) is 10.7. The molecule has 4 heteroatoms. The van der Waals surface area contributed by atoms with Crippen molar-refractivity contribution in [1.29, 1.82) is 0 Å². The number of fused-ring (bicyclic) bond motifs is 7. The normalized spacial score (nSPS) is 61.4. The van der Waals surface area contributed by atoms with Crippen molar-refractivity contribution < 1.29 is 19.1 Å². The molecule has 4 saturated carbocycles. The number of ether oxygens (including phenoxy) is 2. The third-order valence-electron chi connectivity index (χ3n) is 10.0. The van der Waals surface area contributed by atoms with E-state index in [1.165, 1.54) is 12.0 Å². The zero-order chi connectivity index (χ0) is 18.4. The van der Waals surface area contributed by atoms with Crippen LogP contribution in [0.15, 0.2) is 23.8 Å². The summed E-state index contributed by atoms with van der Waals surface area (Å²) in [6.07, 6.45) is 11.9. The number of hydrogen-bond donors (Lipinski definition) is 0. The van der Waals surface area contributed by atoms with Gasteiger partial charge in [-0.05, 0) is 74.9 Å². The quantitative estimate of drug-likeness (QED) is 0.487. The van der Waals surface area contributed by atoms with E-state index in [1.807, 2.05) is 6.08 Å². The Kier molecular flexibility index (Phi) is 2.37. The molecule has 0 bridgehead atoms. The summed E-state index contributed by atoms with van der Waals surface area (Å²) in [6, 6.07) is 0. The Labute approximate surface area is 159 Å². The van der Waals surface area contributed by atoms with Gasteiger partial charge in [0.2, 0.25) is 0 Å². The Hall–Kier alpha value is -1.42. The molecule has 2 heterocycles. The molecule has 2 spiro atoms. The zero-order valence-corrected chi connectivity index (χ0v) is 16.0. The highest BCUT2D eigenvalue weighted by molar-refractivity contribution is 6.01. The maximum absolute atomic E-state index is 12.1. The molecule has 27 heavy (non-hydrogen) atoms. The molecule has 7 aliphatic rings. The van der Waals surface area contributed by atoms with Crippen LogP contribution in [-0.2, 0) is 19.1 Å². The summed E-state index contributed by atoms with van der Waals surface area (Å²) >= 11 is 0. The minimum absolute atomic E-state index is 0.00993. The maximum Gasteiger partial charge on any atom is 0.306 e. The lowest BCUT2D eigenvalue weighted by Gasteiger charge is -2.55. The first-order chi connectivity index (χ1) is 12.8. The highest BCUT2D eigenvalue weighted by atomic mass is 16.6. The largest absolute Gasteiger partial charge is 0.458 e. The summed E-state index contributed by atoms with van der Waals surface area (Å²) in [5.41, 5.74) is 0.839. The average molecular weight is 366 g/mol. The molecule has 142 valence electrons. The van der Waals surface area contributed by atoms with Crippen molar-refractivity contribution in [2.45, 2.75) is 69.7 Å². The van der Waals surface area contributed by atoms with E-state index in [1.54, 1.807) is 6.08 Å². The van der Waals surface area contributed by atoms with E-state index in [9.17, 15) is 9.59 Å². The molecular formula is C23H26O4. The SMILES string of the molecule is C[C@]12C=CC(=O)C=C1C1CC1[C@H]1[C@@H]3CC[C@@]4(CCC(=O)O4)[C@@]3(C)C[C@H]3O[C@]312. The Balaban J connectivity index is 1.37. The average Bonchev–Trinajstić information content (AvgIpc) is 3.49.